The summed E-state index contributed by atoms with van der Waals surface area (Å²) in [6, 6.07) is 22.4. The highest BCUT2D eigenvalue weighted by molar-refractivity contribution is 6.32. The van der Waals surface area contributed by atoms with Gasteiger partial charge in [-0.1, -0.05) is 48.0 Å². The van der Waals surface area contributed by atoms with Crippen LogP contribution in [-0.4, -0.2) is 21.2 Å². The number of carbonyl (C=O) groups excluding carboxylic acids is 1. The van der Waals surface area contributed by atoms with Gasteiger partial charge in [0.15, 0.2) is 5.60 Å². The number of anilines is 1. The largest absolute Gasteiger partial charge is 0.378 e. The highest BCUT2D eigenvalue weighted by Gasteiger charge is 2.32. The number of fused-ring (bicyclic) bond motifs is 3. The third kappa shape index (κ3) is 3.44. The van der Waals surface area contributed by atoms with Crippen LogP contribution in [0.2, 0.25) is 5.02 Å². The molecule has 0 aliphatic rings. The zero-order valence-corrected chi connectivity index (χ0v) is 16.4. The minimum absolute atomic E-state index is 0.0802. The zero-order valence-electron chi connectivity index (χ0n) is 15.7. The summed E-state index contributed by atoms with van der Waals surface area (Å²) in [5, 5.41) is 25.0. The minimum Gasteiger partial charge on any atom is -0.378 e. The number of hydrogen-bond acceptors (Lipinski definition) is 3. The highest BCUT2D eigenvalue weighted by atomic mass is 35.5. The predicted molar refractivity (Wildman–Crippen MR) is 115 cm³/mol. The van der Waals surface area contributed by atoms with Gasteiger partial charge in [0.05, 0.1) is 17.1 Å². The Labute approximate surface area is 172 Å². The summed E-state index contributed by atoms with van der Waals surface area (Å²) in [4.78, 5) is 12.8. The number of rotatable bonds is 4. The van der Waals surface area contributed by atoms with Crippen molar-refractivity contribution in [2.24, 2.45) is 0 Å². The number of amides is 1. The van der Waals surface area contributed by atoms with E-state index in [9.17, 15) is 9.90 Å². The Morgan fingerprint density at radius 3 is 2.24 bits per heavy atom. The van der Waals surface area contributed by atoms with Crippen LogP contribution < -0.4 is 5.32 Å². The molecule has 0 bridgehead atoms. The van der Waals surface area contributed by atoms with E-state index in [0.717, 1.165) is 21.8 Å². The Bertz CT molecular complexity index is 1230. The smallest absolute Gasteiger partial charge is 0.257 e. The molecule has 0 fully saturated rings. The molecule has 0 aliphatic carbocycles. The van der Waals surface area contributed by atoms with Gasteiger partial charge in [0.2, 0.25) is 0 Å². The zero-order chi connectivity index (χ0) is 20.6. The summed E-state index contributed by atoms with van der Waals surface area (Å²) in [6.07, 6.45) is 0. The van der Waals surface area contributed by atoms with Crippen molar-refractivity contribution in [2.75, 3.05) is 5.32 Å². The molecule has 4 rings (SSSR count). The molecule has 1 heterocycles. The van der Waals surface area contributed by atoms with Crippen LogP contribution in [0.3, 0.4) is 0 Å². The van der Waals surface area contributed by atoms with Gasteiger partial charge in [-0.05, 0) is 37.3 Å². The Hall–Kier alpha value is -3.33. The molecule has 0 saturated heterocycles. The number of benzene rings is 3. The monoisotopic (exact) mass is 403 g/mol. The second-order valence-electron chi connectivity index (χ2n) is 7.15. The van der Waals surface area contributed by atoms with Gasteiger partial charge in [-0.15, -0.1) is 0 Å². The van der Waals surface area contributed by atoms with Crippen LogP contribution in [0.4, 0.5) is 5.69 Å². The van der Waals surface area contributed by atoms with Crippen LogP contribution in [0.25, 0.3) is 21.8 Å². The normalized spacial score (nSPS) is 13.2. The van der Waals surface area contributed by atoms with Gasteiger partial charge in [0.1, 0.15) is 6.07 Å². The molecule has 0 unspecified atom stereocenters. The lowest BCUT2D eigenvalue weighted by Gasteiger charge is -2.24. The van der Waals surface area contributed by atoms with Gasteiger partial charge < -0.3 is 15.0 Å². The standard InChI is InChI=1S/C23H18ClN3O2/c1-23(29,22(28)26-16-11-10-15(13-25)19(24)12-16)14-27-20-8-4-2-6-17(20)18-7-3-5-9-21(18)27/h2-12,29H,14H2,1H3,(H,26,28)/t23-/m0/s1. The molecule has 0 radical (unpaired) electrons. The van der Waals surface area contributed by atoms with E-state index < -0.39 is 11.5 Å². The number of aromatic nitrogens is 1. The summed E-state index contributed by atoms with van der Waals surface area (Å²) in [5.41, 5.74) is 0.958. The van der Waals surface area contributed by atoms with Gasteiger partial charge in [0.25, 0.3) is 5.91 Å². The van der Waals surface area contributed by atoms with Crippen LogP contribution in [0.15, 0.2) is 66.7 Å². The number of nitriles is 1. The Morgan fingerprint density at radius 1 is 1.10 bits per heavy atom. The lowest BCUT2D eigenvalue weighted by atomic mass is 10.1. The van der Waals surface area contributed by atoms with E-state index in [1.807, 2.05) is 59.2 Å². The molecule has 5 nitrogen and oxygen atoms in total. The fourth-order valence-corrected chi connectivity index (χ4v) is 3.73. The summed E-state index contributed by atoms with van der Waals surface area (Å²) < 4.78 is 1.95. The number of aliphatic hydroxyl groups is 1. The van der Waals surface area contributed by atoms with Crippen molar-refractivity contribution < 1.29 is 9.90 Å². The topological polar surface area (TPSA) is 78.1 Å². The molecule has 144 valence electrons. The Balaban J connectivity index is 1.67. The van der Waals surface area contributed by atoms with Gasteiger partial charge in [-0.25, -0.2) is 0 Å². The maximum Gasteiger partial charge on any atom is 0.257 e. The minimum atomic E-state index is -1.68. The lowest BCUT2D eigenvalue weighted by Crippen LogP contribution is -2.43. The van der Waals surface area contributed by atoms with Crippen molar-refractivity contribution in [1.82, 2.24) is 4.57 Å². The van der Waals surface area contributed by atoms with Crippen molar-refractivity contribution in [1.29, 1.82) is 5.26 Å². The quantitative estimate of drug-likeness (QED) is 0.518. The molecular weight excluding hydrogens is 386 g/mol. The Morgan fingerprint density at radius 2 is 1.69 bits per heavy atom. The van der Waals surface area contributed by atoms with Gasteiger partial charge >= 0.3 is 0 Å². The maximum atomic E-state index is 12.8. The van der Waals surface area contributed by atoms with Crippen molar-refractivity contribution in [3.8, 4) is 6.07 Å². The van der Waals surface area contributed by atoms with E-state index in [1.165, 1.54) is 19.1 Å². The van der Waals surface area contributed by atoms with Gasteiger partial charge in [-0.2, -0.15) is 5.26 Å². The van der Waals surface area contributed by atoms with Gasteiger partial charge in [0, 0.05) is 27.5 Å². The molecule has 1 atom stereocenters. The first kappa shape index (κ1) is 19.0. The first-order valence-corrected chi connectivity index (χ1v) is 9.48. The van der Waals surface area contributed by atoms with Gasteiger partial charge in [-0.3, -0.25) is 4.79 Å². The molecule has 29 heavy (non-hydrogen) atoms. The number of carbonyl (C=O) groups is 1. The summed E-state index contributed by atoms with van der Waals surface area (Å²) in [7, 11) is 0. The third-order valence-electron chi connectivity index (χ3n) is 4.98. The van der Waals surface area contributed by atoms with Crippen molar-refractivity contribution in [3.05, 3.63) is 77.3 Å². The molecule has 0 aliphatic heterocycles. The van der Waals surface area contributed by atoms with Crippen molar-refractivity contribution in [2.45, 2.75) is 19.1 Å². The number of nitrogens with zero attached hydrogens (tertiary/aromatic N) is 2. The van der Waals surface area contributed by atoms with E-state index in [4.69, 9.17) is 16.9 Å². The van der Waals surface area contributed by atoms with E-state index >= 15 is 0 Å². The highest BCUT2D eigenvalue weighted by Crippen LogP contribution is 2.30. The molecule has 3 aromatic carbocycles. The van der Waals surface area contributed by atoms with E-state index in [0.29, 0.717) is 11.3 Å². The SMILES string of the molecule is C[C@](O)(Cn1c2ccccc2c2ccccc21)C(=O)Nc1ccc(C#N)c(Cl)c1. The van der Waals surface area contributed by atoms with Crippen LogP contribution in [-0.2, 0) is 11.3 Å². The van der Waals surface area contributed by atoms with Crippen molar-refractivity contribution >= 4 is 45.0 Å². The fourth-order valence-electron chi connectivity index (χ4n) is 3.50. The summed E-state index contributed by atoms with van der Waals surface area (Å²) in [6.45, 7) is 1.56. The van der Waals surface area contributed by atoms with E-state index in [1.54, 1.807) is 6.07 Å². The van der Waals surface area contributed by atoms with Crippen LogP contribution >= 0.6 is 11.6 Å². The predicted octanol–water partition coefficient (Wildman–Crippen LogP) is 4.71. The first-order valence-electron chi connectivity index (χ1n) is 9.10. The average Bonchev–Trinajstić information content (AvgIpc) is 3.02. The van der Waals surface area contributed by atoms with Crippen LogP contribution in [0.1, 0.15) is 12.5 Å². The molecule has 4 aromatic rings. The maximum absolute atomic E-state index is 12.8. The number of nitrogens with one attached hydrogen (secondary N) is 1. The molecule has 0 spiro atoms. The van der Waals surface area contributed by atoms with Crippen LogP contribution in [0, 0.1) is 11.3 Å². The number of halogens is 1. The lowest BCUT2D eigenvalue weighted by molar-refractivity contribution is -0.133. The van der Waals surface area contributed by atoms with Crippen molar-refractivity contribution in [3.63, 3.8) is 0 Å². The molecule has 1 amide bonds. The first-order chi connectivity index (χ1) is 13.9. The molecule has 1 aromatic heterocycles. The Kier molecular flexibility index (Phi) is 4.75. The molecule has 2 N–H and O–H groups in total. The average molecular weight is 404 g/mol. The number of hydrogen-bond donors (Lipinski definition) is 2. The third-order valence-corrected chi connectivity index (χ3v) is 5.30. The second kappa shape index (κ2) is 7.25. The second-order valence-corrected chi connectivity index (χ2v) is 7.56. The van der Waals surface area contributed by atoms with E-state index in [2.05, 4.69) is 5.32 Å². The van der Waals surface area contributed by atoms with E-state index in [-0.39, 0.29) is 11.6 Å². The molecular formula is C23H18ClN3O2. The number of para-hydroxylation sites is 2. The summed E-state index contributed by atoms with van der Waals surface area (Å²) in [5.74, 6) is -0.555. The van der Waals surface area contributed by atoms with Crippen LogP contribution in [0.5, 0.6) is 0 Å². The summed E-state index contributed by atoms with van der Waals surface area (Å²) >= 11 is 6.03. The molecule has 6 heteroatoms. The fraction of sp³-hybridized carbons (Fsp3) is 0.130. The molecule has 0 saturated carbocycles.